The molecule has 1 aliphatic heterocycles. The van der Waals surface area contributed by atoms with Crippen LogP contribution >= 0.6 is 0 Å². The number of carboxylic acids is 1. The van der Waals surface area contributed by atoms with E-state index in [1.54, 1.807) is 0 Å². The van der Waals surface area contributed by atoms with Gasteiger partial charge in [0.15, 0.2) is 0 Å². The Hall–Kier alpha value is -2.42. The Bertz CT molecular complexity index is 822. The maximum atomic E-state index is 12.9. The maximum absolute atomic E-state index is 12.9. The summed E-state index contributed by atoms with van der Waals surface area (Å²) < 4.78 is 44.0. The zero-order chi connectivity index (χ0) is 20.3. The first-order valence-corrected chi connectivity index (χ1v) is 9.21. The monoisotopic (exact) mass is 397 g/mol. The molecule has 1 aliphatic rings. The molecule has 0 bridgehead atoms. The third kappa shape index (κ3) is 4.89. The highest BCUT2D eigenvalue weighted by molar-refractivity contribution is 5.66. The van der Waals surface area contributed by atoms with Crippen molar-refractivity contribution in [2.75, 3.05) is 13.1 Å². The van der Waals surface area contributed by atoms with Crippen LogP contribution in [0.2, 0.25) is 0 Å². The van der Waals surface area contributed by atoms with E-state index in [2.05, 4.69) is 15.0 Å². The molecule has 1 saturated heterocycles. The Kier molecular flexibility index (Phi) is 6.02. The van der Waals surface area contributed by atoms with Crippen LogP contribution in [0.4, 0.5) is 13.2 Å². The fourth-order valence-corrected chi connectivity index (χ4v) is 3.53. The third-order valence-electron chi connectivity index (χ3n) is 5.11. The number of hydrogen-bond donors (Lipinski definition) is 1. The molecule has 0 radical (unpaired) electrons. The van der Waals surface area contributed by atoms with Crippen molar-refractivity contribution in [1.29, 1.82) is 0 Å². The number of alkyl halides is 3. The van der Waals surface area contributed by atoms with Crippen LogP contribution in [-0.4, -0.2) is 39.2 Å². The summed E-state index contributed by atoms with van der Waals surface area (Å²) in [6, 6.07) is 4.63. The van der Waals surface area contributed by atoms with Gasteiger partial charge in [-0.1, -0.05) is 17.3 Å². The Labute approximate surface area is 160 Å². The first-order valence-electron chi connectivity index (χ1n) is 9.21. The average Bonchev–Trinajstić information content (AvgIpc) is 3.15. The standard InChI is InChI=1S/C19H22F3N3O3/c1-12(25-9-3-4-13(11-25)7-8-16(26)27)18-23-17(24-28-18)14-5-2-6-15(10-14)19(20,21)22/h2,5-6,10,12-13H,3-4,7-9,11H2,1H3,(H,26,27). The molecule has 0 amide bonds. The Balaban J connectivity index is 1.70. The van der Waals surface area contributed by atoms with Crippen LogP contribution in [0, 0.1) is 5.92 Å². The van der Waals surface area contributed by atoms with Gasteiger partial charge in [-0.3, -0.25) is 9.69 Å². The van der Waals surface area contributed by atoms with Gasteiger partial charge in [0.2, 0.25) is 11.7 Å². The van der Waals surface area contributed by atoms with E-state index >= 15 is 0 Å². The van der Waals surface area contributed by atoms with Gasteiger partial charge in [0.05, 0.1) is 11.6 Å². The summed E-state index contributed by atoms with van der Waals surface area (Å²) >= 11 is 0. The minimum Gasteiger partial charge on any atom is -0.481 e. The van der Waals surface area contributed by atoms with Crippen molar-refractivity contribution >= 4 is 5.97 Å². The van der Waals surface area contributed by atoms with Crippen LogP contribution < -0.4 is 0 Å². The van der Waals surface area contributed by atoms with Crippen molar-refractivity contribution in [1.82, 2.24) is 15.0 Å². The first-order chi connectivity index (χ1) is 13.2. The van der Waals surface area contributed by atoms with Gasteiger partial charge >= 0.3 is 12.1 Å². The molecule has 1 aromatic heterocycles. The van der Waals surface area contributed by atoms with Crippen LogP contribution in [0.3, 0.4) is 0 Å². The van der Waals surface area contributed by atoms with Gasteiger partial charge in [-0.05, 0) is 50.8 Å². The highest BCUT2D eigenvalue weighted by Gasteiger charge is 2.31. The predicted molar refractivity (Wildman–Crippen MR) is 94.3 cm³/mol. The van der Waals surface area contributed by atoms with E-state index < -0.39 is 17.7 Å². The number of benzene rings is 1. The van der Waals surface area contributed by atoms with Crippen LogP contribution in [0.25, 0.3) is 11.4 Å². The van der Waals surface area contributed by atoms with Crippen LogP contribution in [0.15, 0.2) is 28.8 Å². The molecule has 152 valence electrons. The van der Waals surface area contributed by atoms with Crippen molar-refractivity contribution < 1.29 is 27.6 Å². The summed E-state index contributed by atoms with van der Waals surface area (Å²) in [5, 5.41) is 12.7. The minimum atomic E-state index is -4.44. The van der Waals surface area contributed by atoms with E-state index in [0.717, 1.165) is 38.1 Å². The van der Waals surface area contributed by atoms with Crippen molar-refractivity contribution in [2.45, 2.75) is 44.8 Å². The van der Waals surface area contributed by atoms with Crippen molar-refractivity contribution in [3.8, 4) is 11.4 Å². The lowest BCUT2D eigenvalue weighted by Gasteiger charge is -2.35. The summed E-state index contributed by atoms with van der Waals surface area (Å²) in [4.78, 5) is 17.2. The number of carbonyl (C=O) groups is 1. The fraction of sp³-hybridized carbons (Fsp3) is 0.526. The van der Waals surface area contributed by atoms with Gasteiger partial charge in [-0.25, -0.2) is 0 Å². The van der Waals surface area contributed by atoms with E-state index in [0.29, 0.717) is 12.3 Å². The van der Waals surface area contributed by atoms with Crippen LogP contribution in [0.5, 0.6) is 0 Å². The normalized spacial score (nSPS) is 19.5. The van der Waals surface area contributed by atoms with E-state index in [9.17, 15) is 18.0 Å². The van der Waals surface area contributed by atoms with Crippen molar-refractivity contribution in [2.24, 2.45) is 5.92 Å². The second-order valence-electron chi connectivity index (χ2n) is 7.15. The molecule has 0 spiro atoms. The molecule has 1 aromatic carbocycles. The molecular weight excluding hydrogens is 375 g/mol. The lowest BCUT2D eigenvalue weighted by atomic mass is 9.92. The zero-order valence-electron chi connectivity index (χ0n) is 15.4. The third-order valence-corrected chi connectivity index (χ3v) is 5.11. The number of hydrogen-bond acceptors (Lipinski definition) is 5. The summed E-state index contributed by atoms with van der Waals surface area (Å²) in [7, 11) is 0. The SMILES string of the molecule is CC(c1nc(-c2cccc(C(F)(F)F)c2)no1)N1CCCC(CCC(=O)O)C1. The highest BCUT2D eigenvalue weighted by Crippen LogP contribution is 2.32. The molecule has 2 unspecified atom stereocenters. The van der Waals surface area contributed by atoms with Crippen molar-refractivity contribution in [3.63, 3.8) is 0 Å². The average molecular weight is 397 g/mol. The number of likely N-dealkylation sites (tertiary alicyclic amines) is 1. The zero-order valence-corrected chi connectivity index (χ0v) is 15.4. The van der Waals surface area contributed by atoms with E-state index in [4.69, 9.17) is 9.63 Å². The van der Waals surface area contributed by atoms with Gasteiger partial charge in [0.25, 0.3) is 0 Å². The van der Waals surface area contributed by atoms with Crippen LogP contribution in [-0.2, 0) is 11.0 Å². The molecule has 0 saturated carbocycles. The number of nitrogens with zero attached hydrogens (tertiary/aromatic N) is 3. The molecule has 6 nitrogen and oxygen atoms in total. The van der Waals surface area contributed by atoms with Gasteiger partial charge in [0.1, 0.15) is 0 Å². The van der Waals surface area contributed by atoms with Gasteiger partial charge < -0.3 is 9.63 Å². The lowest BCUT2D eigenvalue weighted by Crippen LogP contribution is -2.37. The van der Waals surface area contributed by atoms with E-state index in [1.165, 1.54) is 12.1 Å². The number of rotatable bonds is 6. The molecular formula is C19H22F3N3O3. The number of carboxylic acid groups (broad SMARTS) is 1. The summed E-state index contributed by atoms with van der Waals surface area (Å²) in [5.41, 5.74) is -0.517. The fourth-order valence-electron chi connectivity index (χ4n) is 3.53. The largest absolute Gasteiger partial charge is 0.481 e. The first kappa shape index (κ1) is 20.3. The van der Waals surface area contributed by atoms with Crippen LogP contribution in [0.1, 0.15) is 50.1 Å². The molecule has 28 heavy (non-hydrogen) atoms. The smallest absolute Gasteiger partial charge is 0.416 e. The topological polar surface area (TPSA) is 79.5 Å². The number of piperidine rings is 1. The second kappa shape index (κ2) is 8.30. The Morgan fingerprint density at radius 3 is 2.93 bits per heavy atom. The summed E-state index contributed by atoms with van der Waals surface area (Å²) in [6.45, 7) is 3.46. The number of aromatic nitrogens is 2. The summed E-state index contributed by atoms with van der Waals surface area (Å²) in [5.74, 6) is -0.0513. The predicted octanol–water partition coefficient (Wildman–Crippen LogP) is 4.39. The molecule has 1 fully saturated rings. The number of aliphatic carboxylic acids is 1. The van der Waals surface area contributed by atoms with Gasteiger partial charge in [0, 0.05) is 18.5 Å². The molecule has 1 N–H and O–H groups in total. The molecule has 0 aliphatic carbocycles. The second-order valence-corrected chi connectivity index (χ2v) is 7.15. The number of halogens is 3. The van der Waals surface area contributed by atoms with E-state index in [1.807, 2.05) is 6.92 Å². The highest BCUT2D eigenvalue weighted by atomic mass is 19.4. The molecule has 9 heteroatoms. The minimum absolute atomic E-state index is 0.118. The molecule has 2 aromatic rings. The lowest BCUT2D eigenvalue weighted by molar-refractivity contribution is -0.138. The van der Waals surface area contributed by atoms with Gasteiger partial charge in [-0.2, -0.15) is 18.2 Å². The Morgan fingerprint density at radius 1 is 1.43 bits per heavy atom. The van der Waals surface area contributed by atoms with E-state index in [-0.39, 0.29) is 29.8 Å². The molecule has 2 atom stereocenters. The molecule has 2 heterocycles. The Morgan fingerprint density at radius 2 is 2.21 bits per heavy atom. The maximum Gasteiger partial charge on any atom is 0.416 e. The molecule has 3 rings (SSSR count). The summed E-state index contributed by atoms with van der Waals surface area (Å²) in [6.07, 6.45) is -1.74. The van der Waals surface area contributed by atoms with Crippen molar-refractivity contribution in [3.05, 3.63) is 35.7 Å². The quantitative estimate of drug-likeness (QED) is 0.779. The van der Waals surface area contributed by atoms with Gasteiger partial charge in [-0.15, -0.1) is 0 Å².